The van der Waals surface area contributed by atoms with E-state index < -0.39 is 17.2 Å². The Morgan fingerprint density at radius 1 is 1.50 bits per heavy atom. The Hall–Kier alpha value is -1.37. The maximum Gasteiger partial charge on any atom is 0.475 e. The molecule has 0 aromatic carbocycles. The third-order valence-electron chi connectivity index (χ3n) is 1.39. The lowest BCUT2D eigenvalue weighted by molar-refractivity contribution is -0.989. The first-order chi connectivity index (χ1) is 6.20. The Bertz CT molecular complexity index is 207. The Morgan fingerprint density at radius 3 is 2.29 bits per heavy atom. The van der Waals surface area contributed by atoms with Crippen molar-refractivity contribution >= 4 is 5.97 Å². The minimum Gasteiger partial charge on any atom is -0.481 e. The summed E-state index contributed by atoms with van der Waals surface area (Å²) < 4.78 is 0.436. The highest BCUT2D eigenvalue weighted by Gasteiger charge is 2.29. The van der Waals surface area contributed by atoms with Gasteiger partial charge in [0.15, 0.2) is 0 Å². The largest absolute Gasteiger partial charge is 0.481 e. The minimum absolute atomic E-state index is 0.311. The molecule has 0 aliphatic carbocycles. The number of likely N-dealkylation sites (N-methyl/N-ethyl adjacent to an activating group) is 1. The van der Waals surface area contributed by atoms with Crippen molar-refractivity contribution in [3.63, 3.8) is 0 Å². The van der Waals surface area contributed by atoms with Gasteiger partial charge in [0.05, 0.1) is 27.6 Å². The van der Waals surface area contributed by atoms with Crippen LogP contribution >= 0.6 is 0 Å². The second kappa shape index (κ2) is 4.75. The number of carboxylic acid groups (broad SMARTS) is 1. The molecule has 0 bridgehead atoms. The van der Waals surface area contributed by atoms with E-state index in [9.17, 15) is 9.70 Å². The van der Waals surface area contributed by atoms with Crippen LogP contribution in [0.4, 0.5) is 0 Å². The van der Waals surface area contributed by atoms with Gasteiger partial charge < -0.3 is 9.59 Å². The summed E-state index contributed by atoms with van der Waals surface area (Å²) in [6.07, 6.45) is -1.16. The molecule has 0 aromatic rings. The van der Waals surface area contributed by atoms with Gasteiger partial charge in [-0.05, 0) is 0 Å². The van der Waals surface area contributed by atoms with Crippen molar-refractivity contribution in [2.45, 2.75) is 12.5 Å². The fourth-order valence-corrected chi connectivity index (χ4v) is 1.07. The van der Waals surface area contributed by atoms with E-state index >= 15 is 0 Å². The summed E-state index contributed by atoms with van der Waals surface area (Å²) >= 11 is 0. The first-order valence-electron chi connectivity index (χ1n) is 4.06. The van der Waals surface area contributed by atoms with Crippen molar-refractivity contribution in [1.82, 2.24) is 0 Å². The number of carboxylic acids is 1. The van der Waals surface area contributed by atoms with Crippen molar-refractivity contribution in [2.24, 2.45) is 0 Å². The predicted octanol–water partition coefficient (Wildman–Crippen LogP) is -0.364. The highest BCUT2D eigenvalue weighted by atomic mass is 17.0. The molecule has 1 atom stereocenters. The van der Waals surface area contributed by atoms with Crippen LogP contribution in [-0.4, -0.2) is 59.6 Å². The lowest BCUT2D eigenvalue weighted by Gasteiger charge is -2.25. The fraction of sp³-hybridized carbons (Fsp3) is 0.857. The molecule has 0 radical (unpaired) electrons. The monoisotopic (exact) mass is 208 g/mol. The average Bonchev–Trinajstić information content (AvgIpc) is 1.77. The van der Waals surface area contributed by atoms with E-state index in [1.165, 1.54) is 0 Å². The lowest BCUT2D eigenvalue weighted by atomic mass is 10.2. The standard InChI is InChI=1S/C7H15N2O5/c1-9(2,3)5-6(4-7(10)11)14-8(12)13/h6H,4-5H2,1-3H3,(H-,10,11,12,13)/q+1/p+1. The molecular formula is C7H16N2O5+2. The van der Waals surface area contributed by atoms with E-state index in [1.54, 1.807) is 0 Å². The van der Waals surface area contributed by atoms with E-state index in [2.05, 4.69) is 4.84 Å². The van der Waals surface area contributed by atoms with Crippen LogP contribution in [0.3, 0.4) is 0 Å². The van der Waals surface area contributed by atoms with E-state index in [0.717, 1.165) is 0 Å². The molecule has 2 N–H and O–H groups in total. The van der Waals surface area contributed by atoms with Crippen molar-refractivity contribution in [3.05, 3.63) is 4.91 Å². The maximum atomic E-state index is 10.4. The summed E-state index contributed by atoms with van der Waals surface area (Å²) in [6, 6.07) is 0. The average molecular weight is 208 g/mol. The molecule has 7 heteroatoms. The smallest absolute Gasteiger partial charge is 0.475 e. The van der Waals surface area contributed by atoms with Crippen LogP contribution in [0.15, 0.2) is 0 Å². The first kappa shape index (κ1) is 12.6. The van der Waals surface area contributed by atoms with Gasteiger partial charge in [0.1, 0.15) is 11.5 Å². The number of carbonyl (C=O) groups is 1. The number of hydrogen-bond acceptors (Lipinski definition) is 3. The van der Waals surface area contributed by atoms with Crippen LogP contribution in [0, 0.1) is 4.91 Å². The summed E-state index contributed by atoms with van der Waals surface area (Å²) in [7, 11) is 5.47. The molecule has 0 saturated heterocycles. The number of rotatable bonds is 6. The molecule has 0 amide bonds. The summed E-state index contributed by atoms with van der Waals surface area (Å²) in [5.41, 5.74) is 0. The Balaban J connectivity index is 4.24. The molecule has 0 aliphatic heterocycles. The second-order valence-electron chi connectivity index (χ2n) is 4.04. The van der Waals surface area contributed by atoms with Crippen LogP contribution in [0.5, 0.6) is 0 Å². The molecule has 0 heterocycles. The van der Waals surface area contributed by atoms with Gasteiger partial charge in [-0.2, -0.15) is 4.84 Å². The van der Waals surface area contributed by atoms with Crippen molar-refractivity contribution < 1.29 is 29.5 Å². The zero-order valence-corrected chi connectivity index (χ0v) is 8.51. The van der Waals surface area contributed by atoms with Gasteiger partial charge >= 0.3 is 11.1 Å². The summed E-state index contributed by atoms with van der Waals surface area (Å²) in [5.74, 6) is -1.08. The summed E-state index contributed by atoms with van der Waals surface area (Å²) in [6.45, 7) is 0.311. The SMILES string of the molecule is C[N+](C)(C)CC(CC(=O)O)O[N+](=O)O. The predicted molar refractivity (Wildman–Crippen MR) is 45.4 cm³/mol. The van der Waals surface area contributed by atoms with Gasteiger partial charge in [-0.3, -0.25) is 4.79 Å². The molecular weight excluding hydrogens is 192 g/mol. The fourth-order valence-electron chi connectivity index (χ4n) is 1.07. The molecule has 0 fully saturated rings. The highest BCUT2D eigenvalue weighted by Crippen LogP contribution is 2.04. The quantitative estimate of drug-likeness (QED) is 0.459. The third-order valence-corrected chi connectivity index (χ3v) is 1.39. The van der Waals surface area contributed by atoms with E-state index in [-0.39, 0.29) is 6.42 Å². The number of quaternary nitrogens is 1. The molecule has 82 valence electrons. The van der Waals surface area contributed by atoms with Gasteiger partial charge in [0.25, 0.3) is 0 Å². The highest BCUT2D eigenvalue weighted by molar-refractivity contribution is 5.67. The minimum atomic E-state index is -1.08. The van der Waals surface area contributed by atoms with Crippen LogP contribution in [0.2, 0.25) is 0 Å². The normalized spacial score (nSPS) is 13.4. The molecule has 0 aliphatic rings. The number of nitrogens with zero attached hydrogens (tertiary/aromatic N) is 2. The van der Waals surface area contributed by atoms with E-state index in [1.807, 2.05) is 21.1 Å². The Labute approximate surface area is 81.6 Å². The van der Waals surface area contributed by atoms with Crippen molar-refractivity contribution in [2.75, 3.05) is 27.7 Å². The topological polar surface area (TPSA) is 86.8 Å². The van der Waals surface area contributed by atoms with Crippen LogP contribution in [0.25, 0.3) is 0 Å². The van der Waals surface area contributed by atoms with Crippen molar-refractivity contribution in [1.29, 1.82) is 0 Å². The molecule has 0 spiro atoms. The first-order valence-corrected chi connectivity index (χ1v) is 4.06. The van der Waals surface area contributed by atoms with Gasteiger partial charge in [-0.1, -0.05) is 0 Å². The van der Waals surface area contributed by atoms with E-state index in [4.69, 9.17) is 10.3 Å². The second-order valence-corrected chi connectivity index (χ2v) is 4.04. The molecule has 7 nitrogen and oxygen atoms in total. The Morgan fingerprint density at radius 2 is 2.00 bits per heavy atom. The zero-order valence-electron chi connectivity index (χ0n) is 8.51. The van der Waals surface area contributed by atoms with Crippen LogP contribution in [-0.2, 0) is 9.63 Å². The van der Waals surface area contributed by atoms with Crippen molar-refractivity contribution in [3.8, 4) is 0 Å². The van der Waals surface area contributed by atoms with Gasteiger partial charge in [0, 0.05) is 0 Å². The molecule has 14 heavy (non-hydrogen) atoms. The third kappa shape index (κ3) is 7.29. The van der Waals surface area contributed by atoms with Crippen LogP contribution in [0.1, 0.15) is 6.42 Å². The number of hydrogen-bond donors (Lipinski definition) is 2. The molecule has 0 aromatic heterocycles. The Kier molecular flexibility index (Phi) is 4.29. The van der Waals surface area contributed by atoms with Gasteiger partial charge in [0.2, 0.25) is 6.10 Å². The molecule has 0 rings (SSSR count). The maximum absolute atomic E-state index is 10.4. The molecule has 0 saturated carbocycles. The number of aliphatic carboxylic acids is 1. The molecule has 1 unspecified atom stereocenters. The summed E-state index contributed by atoms with van der Waals surface area (Å²) in [4.78, 5) is 24.9. The van der Waals surface area contributed by atoms with Gasteiger partial charge in [-0.15, -0.1) is 0 Å². The van der Waals surface area contributed by atoms with Crippen LogP contribution < -0.4 is 0 Å². The van der Waals surface area contributed by atoms with Gasteiger partial charge in [-0.25, -0.2) is 5.21 Å². The lowest BCUT2D eigenvalue weighted by Crippen LogP contribution is -2.43. The summed E-state index contributed by atoms with van der Waals surface area (Å²) in [5, 5.41) is 16.1. The van der Waals surface area contributed by atoms with E-state index in [0.29, 0.717) is 11.0 Å². The zero-order chi connectivity index (χ0) is 11.4.